The molecule has 3 amide bonds. The number of hydrogen-bond donors (Lipinski definition) is 2. The van der Waals surface area contributed by atoms with Crippen LogP contribution in [0.25, 0.3) is 5.69 Å². The molecule has 1 aromatic heterocycles. The number of nitrogens with zero attached hydrogens (tertiary/aromatic N) is 5. The predicted octanol–water partition coefficient (Wildman–Crippen LogP) is 2.76. The Hall–Kier alpha value is -4.26. The van der Waals surface area contributed by atoms with Crippen LogP contribution in [0.1, 0.15) is 22.4 Å². The smallest absolute Gasteiger partial charge is 0.416 e. The number of carboxylic acid groups (broad SMARTS) is 1. The molecule has 0 aliphatic carbocycles. The lowest BCUT2D eigenvalue weighted by Crippen LogP contribution is -2.58. The number of carboxylic acids is 1. The number of benzene rings is 2. The van der Waals surface area contributed by atoms with E-state index in [0.29, 0.717) is 16.3 Å². The largest absolute Gasteiger partial charge is 0.481 e. The van der Waals surface area contributed by atoms with Gasteiger partial charge in [0.1, 0.15) is 5.69 Å². The SMILES string of the molecule is Cc1c(CN2C(=O)C(C(=O)O)CN(c3ccc(-n4cc(CO)nn4)cc3)C2=O)cccc1C(F)(F)F. The lowest BCUT2D eigenvalue weighted by atomic mass is 9.99. The van der Waals surface area contributed by atoms with E-state index < -0.39 is 48.7 Å². The van der Waals surface area contributed by atoms with E-state index in [1.54, 1.807) is 12.1 Å². The molecule has 4 rings (SSSR count). The number of imide groups is 1. The van der Waals surface area contributed by atoms with E-state index >= 15 is 0 Å². The Balaban J connectivity index is 1.65. The summed E-state index contributed by atoms with van der Waals surface area (Å²) in [5, 5.41) is 26.4. The molecule has 1 atom stereocenters. The Labute approximate surface area is 202 Å². The number of halogens is 3. The molecular weight excluding hydrogens is 483 g/mol. The van der Waals surface area contributed by atoms with Crippen molar-refractivity contribution >= 4 is 23.6 Å². The van der Waals surface area contributed by atoms with Gasteiger partial charge in [0.25, 0.3) is 0 Å². The van der Waals surface area contributed by atoms with Crippen LogP contribution in [0.3, 0.4) is 0 Å². The number of aliphatic carboxylic acids is 1. The number of carbonyl (C=O) groups excluding carboxylic acids is 2. The van der Waals surface area contributed by atoms with Gasteiger partial charge in [0.15, 0.2) is 5.92 Å². The summed E-state index contributed by atoms with van der Waals surface area (Å²) in [5.74, 6) is -4.06. The number of rotatable bonds is 6. The van der Waals surface area contributed by atoms with E-state index in [1.807, 2.05) is 0 Å². The normalized spacial score (nSPS) is 16.5. The third-order valence-corrected chi connectivity index (χ3v) is 5.90. The molecule has 1 aliphatic heterocycles. The monoisotopic (exact) mass is 503 g/mol. The van der Waals surface area contributed by atoms with E-state index in [4.69, 9.17) is 5.11 Å². The zero-order valence-corrected chi connectivity index (χ0v) is 18.8. The predicted molar refractivity (Wildman–Crippen MR) is 118 cm³/mol. The van der Waals surface area contributed by atoms with E-state index in [0.717, 1.165) is 11.0 Å². The van der Waals surface area contributed by atoms with Crippen molar-refractivity contribution in [1.82, 2.24) is 19.9 Å². The van der Waals surface area contributed by atoms with Crippen molar-refractivity contribution < 1.29 is 37.8 Å². The summed E-state index contributed by atoms with van der Waals surface area (Å²) in [5.41, 5.74) is 0.159. The van der Waals surface area contributed by atoms with Crippen molar-refractivity contribution in [3.05, 3.63) is 71.0 Å². The summed E-state index contributed by atoms with van der Waals surface area (Å²) >= 11 is 0. The van der Waals surface area contributed by atoms with Crippen LogP contribution in [0.15, 0.2) is 48.7 Å². The lowest BCUT2D eigenvalue weighted by Gasteiger charge is -2.37. The number of hydrogen-bond acceptors (Lipinski definition) is 6. The molecule has 10 nitrogen and oxygen atoms in total. The fraction of sp³-hybridized carbons (Fsp3) is 0.261. The van der Waals surface area contributed by atoms with E-state index in [2.05, 4.69) is 10.3 Å². The molecule has 2 aromatic carbocycles. The van der Waals surface area contributed by atoms with Gasteiger partial charge in [-0.05, 0) is 48.4 Å². The number of urea groups is 1. The van der Waals surface area contributed by atoms with Gasteiger partial charge in [-0.25, -0.2) is 9.48 Å². The summed E-state index contributed by atoms with van der Waals surface area (Å²) in [4.78, 5) is 39.7. The zero-order chi connectivity index (χ0) is 26.2. The van der Waals surface area contributed by atoms with Crippen LogP contribution in [-0.4, -0.2) is 54.6 Å². The molecule has 0 bridgehead atoms. The second-order valence-corrected chi connectivity index (χ2v) is 8.12. The summed E-state index contributed by atoms with van der Waals surface area (Å²) in [6, 6.07) is 8.73. The summed E-state index contributed by atoms with van der Waals surface area (Å²) in [6.07, 6.45) is -3.13. The first kappa shape index (κ1) is 24.9. The van der Waals surface area contributed by atoms with Gasteiger partial charge >= 0.3 is 18.2 Å². The van der Waals surface area contributed by atoms with Crippen molar-refractivity contribution in [2.24, 2.45) is 5.92 Å². The molecule has 0 radical (unpaired) electrons. The van der Waals surface area contributed by atoms with Crippen molar-refractivity contribution in [3.8, 4) is 5.69 Å². The second kappa shape index (κ2) is 9.41. The average Bonchev–Trinajstić information content (AvgIpc) is 3.31. The molecule has 0 saturated carbocycles. The van der Waals surface area contributed by atoms with Crippen LogP contribution < -0.4 is 4.90 Å². The van der Waals surface area contributed by atoms with Gasteiger partial charge in [-0.3, -0.25) is 19.4 Å². The summed E-state index contributed by atoms with van der Waals surface area (Å²) in [6.45, 7) is -0.0300. The number of amides is 3. The van der Waals surface area contributed by atoms with E-state index in [1.165, 1.54) is 42.1 Å². The second-order valence-electron chi connectivity index (χ2n) is 8.12. The van der Waals surface area contributed by atoms with Crippen molar-refractivity contribution in [3.63, 3.8) is 0 Å². The number of aromatic nitrogens is 3. The van der Waals surface area contributed by atoms with Crippen molar-refractivity contribution in [1.29, 1.82) is 0 Å². The first-order valence-corrected chi connectivity index (χ1v) is 10.6. The molecule has 1 aliphatic rings. The minimum absolute atomic E-state index is 0.0683. The fourth-order valence-corrected chi connectivity index (χ4v) is 3.93. The van der Waals surface area contributed by atoms with Crippen LogP contribution in [0.4, 0.5) is 23.7 Å². The van der Waals surface area contributed by atoms with Crippen LogP contribution in [0, 0.1) is 12.8 Å². The number of alkyl halides is 3. The highest BCUT2D eigenvalue weighted by Gasteiger charge is 2.44. The Morgan fingerprint density at radius 3 is 2.36 bits per heavy atom. The topological polar surface area (TPSA) is 129 Å². The van der Waals surface area contributed by atoms with Crippen molar-refractivity contribution in [2.45, 2.75) is 26.3 Å². The van der Waals surface area contributed by atoms with Crippen LogP contribution in [0.2, 0.25) is 0 Å². The van der Waals surface area contributed by atoms with Gasteiger partial charge in [0.05, 0.1) is 30.6 Å². The average molecular weight is 503 g/mol. The van der Waals surface area contributed by atoms with E-state index in [-0.39, 0.29) is 23.4 Å². The van der Waals surface area contributed by atoms with E-state index in [9.17, 15) is 32.7 Å². The third-order valence-electron chi connectivity index (χ3n) is 5.90. The maximum absolute atomic E-state index is 13.3. The zero-order valence-electron chi connectivity index (χ0n) is 18.8. The molecule has 0 spiro atoms. The quantitative estimate of drug-likeness (QED) is 0.495. The molecule has 2 heterocycles. The first-order chi connectivity index (χ1) is 17.0. The molecule has 3 aromatic rings. The molecular formula is C23H20F3N5O5. The molecule has 1 fully saturated rings. The van der Waals surface area contributed by atoms with Gasteiger partial charge in [-0.15, -0.1) is 5.10 Å². The Morgan fingerprint density at radius 1 is 1.11 bits per heavy atom. The summed E-state index contributed by atoms with van der Waals surface area (Å²) < 4.78 is 41.4. The number of aliphatic hydroxyl groups is 1. The van der Waals surface area contributed by atoms with Gasteiger partial charge in [-0.2, -0.15) is 13.2 Å². The van der Waals surface area contributed by atoms with Crippen LogP contribution in [-0.2, 0) is 28.9 Å². The number of carbonyl (C=O) groups is 3. The minimum atomic E-state index is -4.63. The minimum Gasteiger partial charge on any atom is -0.481 e. The number of aliphatic hydroxyl groups excluding tert-OH is 1. The van der Waals surface area contributed by atoms with Gasteiger partial charge in [0.2, 0.25) is 5.91 Å². The highest BCUT2D eigenvalue weighted by Crippen LogP contribution is 2.34. The maximum Gasteiger partial charge on any atom is 0.416 e. The van der Waals surface area contributed by atoms with Crippen LogP contribution >= 0.6 is 0 Å². The fourth-order valence-electron chi connectivity index (χ4n) is 3.93. The molecule has 1 unspecified atom stereocenters. The standard InChI is InChI=1S/C23H20F3N5O5/c1-13-14(3-2-4-19(13)23(24,25)26)9-30-20(33)18(21(34)35)11-29(22(30)36)16-5-7-17(8-6-16)31-10-15(12-32)27-28-31/h2-8,10,18,32H,9,11-12H2,1H3,(H,34,35). The van der Waals surface area contributed by atoms with Crippen LogP contribution in [0.5, 0.6) is 0 Å². The third kappa shape index (κ3) is 4.64. The summed E-state index contributed by atoms with van der Waals surface area (Å²) in [7, 11) is 0. The molecule has 1 saturated heterocycles. The molecule has 13 heteroatoms. The first-order valence-electron chi connectivity index (χ1n) is 10.6. The molecule has 36 heavy (non-hydrogen) atoms. The Kier molecular flexibility index (Phi) is 6.50. The van der Waals surface area contributed by atoms with Gasteiger partial charge in [-0.1, -0.05) is 17.3 Å². The van der Waals surface area contributed by atoms with Crippen molar-refractivity contribution in [2.75, 3.05) is 11.4 Å². The van der Waals surface area contributed by atoms with Gasteiger partial charge in [0, 0.05) is 12.2 Å². The highest BCUT2D eigenvalue weighted by molar-refractivity contribution is 6.12. The Bertz CT molecular complexity index is 1320. The molecule has 188 valence electrons. The van der Waals surface area contributed by atoms with Gasteiger partial charge < -0.3 is 10.2 Å². The molecule has 2 N–H and O–H groups in total. The maximum atomic E-state index is 13.3. The lowest BCUT2D eigenvalue weighted by molar-refractivity contribution is -0.150. The Morgan fingerprint density at radius 2 is 1.78 bits per heavy atom. The number of anilines is 1. The highest BCUT2D eigenvalue weighted by atomic mass is 19.4.